The molecule has 0 spiro atoms. The van der Waals surface area contributed by atoms with Crippen LogP contribution in [0.5, 0.6) is 17.6 Å². The van der Waals surface area contributed by atoms with Gasteiger partial charge in [0.2, 0.25) is 35.4 Å². The van der Waals surface area contributed by atoms with Crippen molar-refractivity contribution >= 4 is 96.5 Å². The molecule has 3 aliphatic heterocycles. The molecule has 0 aliphatic carbocycles. The van der Waals surface area contributed by atoms with Crippen LogP contribution in [-0.2, 0) is 56.7 Å². The first-order chi connectivity index (χ1) is 55.6. The Morgan fingerprint density at radius 3 is 0.931 bits per heavy atom. The van der Waals surface area contributed by atoms with E-state index in [2.05, 4.69) is 46.4 Å². The summed E-state index contributed by atoms with van der Waals surface area (Å²) in [5.41, 5.74) is 12.8. The number of aryl methyl sites for hydroxylation is 3. The van der Waals surface area contributed by atoms with Crippen LogP contribution in [0.4, 0.5) is 0 Å². The van der Waals surface area contributed by atoms with Gasteiger partial charge in [-0.2, -0.15) is 4.89 Å². The highest BCUT2D eigenvalue weighted by Crippen LogP contribution is 2.63. The van der Waals surface area contributed by atoms with E-state index >= 15 is 28.8 Å². The minimum absolute atomic E-state index is 0.0561. The predicted octanol–water partition coefficient (Wildman–Crippen LogP) is 11.6. The van der Waals surface area contributed by atoms with E-state index in [1.807, 2.05) is 93.6 Å². The summed E-state index contributed by atoms with van der Waals surface area (Å²) in [5.74, 6) is -8.69. The maximum absolute atomic E-state index is 15.7. The van der Waals surface area contributed by atoms with Gasteiger partial charge in [0.05, 0.1) is 86.0 Å². The number of amides is 6. The van der Waals surface area contributed by atoms with Gasteiger partial charge < -0.3 is 58.4 Å². The fraction of sp³-hybridized carbons (Fsp3) is 0.444. The Morgan fingerprint density at radius 1 is 0.448 bits per heavy atom. The molecule has 31 nitrogen and oxygen atoms in total. The molecule has 12 rings (SSSR count). The minimum Gasteiger partial charge on any atom is -0.468 e. The van der Waals surface area contributed by atoms with Crippen LogP contribution in [0.2, 0.25) is 0 Å². The van der Waals surface area contributed by atoms with Crippen molar-refractivity contribution in [2.75, 3.05) is 39.5 Å². The maximum Gasteiger partial charge on any atom is 0.573 e. The summed E-state index contributed by atoms with van der Waals surface area (Å²) in [6.45, 7) is 19.5. The molecule has 0 bridgehead atoms. The molecule has 0 radical (unpaired) electrons. The molecule has 6 amide bonds. The number of hydrogen-bond acceptors (Lipinski definition) is 28. The largest absolute Gasteiger partial charge is 0.573 e. The Morgan fingerprint density at radius 2 is 0.707 bits per heavy atom. The summed E-state index contributed by atoms with van der Waals surface area (Å²) < 4.78 is 54.4. The summed E-state index contributed by atoms with van der Waals surface area (Å²) in [5, 5.41) is 21.3. The summed E-state index contributed by atoms with van der Waals surface area (Å²) in [4.78, 5) is 161. The van der Waals surface area contributed by atoms with Crippen LogP contribution in [0.25, 0.3) is 31.3 Å². The highest BCUT2D eigenvalue weighted by Gasteiger charge is 2.60. The molecule has 6 unspecified atom stereocenters. The quantitative estimate of drug-likeness (QED) is 0.0209. The lowest BCUT2D eigenvalue weighted by atomic mass is 9.91. The minimum atomic E-state index is -5.14. The van der Waals surface area contributed by atoms with E-state index < -0.39 is 153 Å². The number of thiazole rings is 3. The van der Waals surface area contributed by atoms with Crippen molar-refractivity contribution in [2.45, 2.75) is 175 Å². The normalized spacial score (nSPS) is 19.6. The summed E-state index contributed by atoms with van der Waals surface area (Å²) in [6.07, 6.45) is -3.34. The molecule has 3 aliphatic rings. The van der Waals surface area contributed by atoms with Crippen molar-refractivity contribution in [2.24, 2.45) is 17.8 Å². The van der Waals surface area contributed by atoms with E-state index in [0.717, 1.165) is 65.1 Å². The molecule has 614 valence electrons. The zero-order valence-corrected chi connectivity index (χ0v) is 69.5. The third kappa shape index (κ3) is 19.7. The topological polar surface area (TPSA) is 392 Å². The molecule has 9 aromatic rings. The van der Waals surface area contributed by atoms with E-state index in [4.69, 9.17) is 41.4 Å². The highest BCUT2D eigenvalue weighted by atomic mass is 32.1. The van der Waals surface area contributed by atoms with E-state index in [0.29, 0.717) is 18.9 Å². The Kier molecular flexibility index (Phi) is 27.7. The van der Waals surface area contributed by atoms with Gasteiger partial charge >= 0.3 is 8.17 Å². The van der Waals surface area contributed by atoms with E-state index in [-0.39, 0.29) is 74.0 Å². The third-order valence-corrected chi connectivity index (χ3v) is 25.5. The van der Waals surface area contributed by atoms with Crippen molar-refractivity contribution in [1.82, 2.24) is 61.1 Å². The SMILES string of the molecule is Cc1ncsc1-c1ccc([C@H](C)NC(=O)C2CC(O[P+](O)(OC3CC(C(=O)N[C@@H](C)c4ccc(-c5scnc5C)cc4)N(C(=O)[C@@H](c4cc(OCC=O)no4)C(C)C)C3)OC3CC(C(=O)N[C@@H](C)c4ccc(-c5scnc5C)cc4)N(C(=O)[C@@H](c4cc(OCC=O)no4)C(C)C)C3)CN2C(=O)[C@@H](c2cc(OCC=O)no2)C(C)C)cc1. The van der Waals surface area contributed by atoms with Crippen LogP contribution < -0.4 is 30.2 Å². The number of carbonyl (C=O) groups is 9. The van der Waals surface area contributed by atoms with Crippen molar-refractivity contribution in [3.63, 3.8) is 0 Å². The molecule has 12 atom stereocenters. The fourth-order valence-corrected chi connectivity index (χ4v) is 19.2. The lowest BCUT2D eigenvalue weighted by molar-refractivity contribution is -0.141. The number of carbonyl (C=O) groups excluding carboxylic acids is 9. The third-order valence-electron chi connectivity index (χ3n) is 20.9. The van der Waals surface area contributed by atoms with Crippen LogP contribution in [0.15, 0.2) is 121 Å². The molecule has 4 N–H and O–H groups in total. The monoisotopic (exact) mass is 1670 g/mol. The Bertz CT molecular complexity index is 4450. The smallest absolute Gasteiger partial charge is 0.468 e. The zero-order valence-electron chi connectivity index (χ0n) is 66.1. The van der Waals surface area contributed by atoms with Crippen LogP contribution in [0, 0.1) is 38.5 Å². The molecule has 9 heterocycles. The van der Waals surface area contributed by atoms with Crippen LogP contribution in [0.1, 0.15) is 169 Å². The molecule has 3 saturated heterocycles. The van der Waals surface area contributed by atoms with Gasteiger partial charge in [-0.1, -0.05) is 114 Å². The number of ether oxygens (including phenoxy) is 3. The molecule has 3 aromatic carbocycles. The number of aldehydes is 3. The molecule has 3 fully saturated rings. The fourth-order valence-electron chi connectivity index (χ4n) is 15.0. The first-order valence-corrected chi connectivity index (χ1v) is 42.4. The first kappa shape index (κ1) is 85.1. The number of nitrogens with one attached hydrogen (secondary N) is 3. The number of likely N-dealkylation sites (tertiary alicyclic amines) is 3. The number of benzene rings is 3. The van der Waals surface area contributed by atoms with Gasteiger partial charge in [-0.15, -0.1) is 47.6 Å². The highest BCUT2D eigenvalue weighted by molar-refractivity contribution is 7.55. The van der Waals surface area contributed by atoms with Gasteiger partial charge in [-0.3, -0.25) is 43.2 Å². The number of aromatic nitrogens is 6. The number of rotatable bonds is 36. The standard InChI is InChI=1S/C81H93N12O19PS3/c1-43(2)70(64-34-67(88-107-64)104-28-25-94)79(100)91-37-58(31-61(91)76(97)85-46(7)52-13-19-55(20-14-52)73-49(10)82-40-114-73)110-113(103,111-59-32-62(77(98)86-47(8)53-15-21-56(22-16-53)74-50(11)83-41-115-74)92(38-59)80(101)71(44(3)4)65-35-68(89-108-65)105-29-26-95)112-60-33-63(78(99)87-48(9)54-17-23-57(24-18-54)75-51(12)84-42-116-75)93(39-60)81(102)72(45(5)6)66-36-69(90-109-66)106-30-27-96/h13-27,34-36,40-48,58-63,70-72,103H,28-33,37-39H2,1-12H3,(H2-,85,86,87,97,98,99)/p+1/t46-,47-,48-,58?,59?,60?,61?,62?,63?,70+,71+,72+,113?/m0/s1. The Labute approximate surface area is 682 Å². The lowest BCUT2D eigenvalue weighted by Gasteiger charge is -2.29. The van der Waals surface area contributed by atoms with Crippen molar-refractivity contribution in [3.05, 3.63) is 159 Å². The van der Waals surface area contributed by atoms with E-state index in [9.17, 15) is 19.3 Å². The van der Waals surface area contributed by atoms with Crippen LogP contribution >= 0.6 is 42.2 Å². The predicted molar refractivity (Wildman–Crippen MR) is 428 cm³/mol. The molecule has 0 saturated carbocycles. The number of nitrogens with zero attached hydrogens (tertiary/aromatic N) is 9. The summed E-state index contributed by atoms with van der Waals surface area (Å²) in [7, 11) is -5.14. The molecule has 6 aromatic heterocycles. The van der Waals surface area contributed by atoms with Gasteiger partial charge in [0.15, 0.2) is 36.1 Å². The van der Waals surface area contributed by atoms with Gasteiger partial charge in [0, 0.05) is 37.5 Å². The van der Waals surface area contributed by atoms with Crippen molar-refractivity contribution in [3.8, 4) is 49.0 Å². The Hall–Kier alpha value is -10.3. The lowest BCUT2D eigenvalue weighted by Crippen LogP contribution is -2.48. The molecular weight excluding hydrogens is 1570 g/mol. The van der Waals surface area contributed by atoms with Gasteiger partial charge in [-0.25, -0.2) is 15.0 Å². The molecular formula is C81H94N12O19PS3+. The van der Waals surface area contributed by atoms with Crippen molar-refractivity contribution < 1.29 is 89.4 Å². The van der Waals surface area contributed by atoms with Gasteiger partial charge in [0.1, 0.15) is 74.0 Å². The Balaban J connectivity index is 0.917. The summed E-state index contributed by atoms with van der Waals surface area (Å²) in [6, 6.07) is 21.1. The second-order valence-corrected chi connectivity index (χ2v) is 34.2. The van der Waals surface area contributed by atoms with Gasteiger partial charge in [-0.05, 0) is 108 Å². The van der Waals surface area contributed by atoms with Gasteiger partial charge in [0.25, 0.3) is 17.6 Å². The average Bonchev–Trinajstić information content (AvgIpc) is 1.63. The van der Waals surface area contributed by atoms with E-state index in [1.165, 1.54) is 66.9 Å². The molecule has 116 heavy (non-hydrogen) atoms. The van der Waals surface area contributed by atoms with Crippen molar-refractivity contribution in [1.29, 1.82) is 0 Å². The average molecular weight is 1670 g/mol. The second kappa shape index (κ2) is 37.7. The summed E-state index contributed by atoms with van der Waals surface area (Å²) >= 11 is 4.49. The second-order valence-electron chi connectivity index (χ2n) is 30.0. The van der Waals surface area contributed by atoms with Crippen LogP contribution in [0.3, 0.4) is 0 Å². The maximum atomic E-state index is 15.7. The first-order valence-electron chi connectivity index (χ1n) is 38.2. The molecule has 35 heteroatoms. The van der Waals surface area contributed by atoms with E-state index in [1.54, 1.807) is 78.8 Å². The van der Waals surface area contributed by atoms with Crippen LogP contribution in [-0.4, -0.2) is 180 Å². The number of hydrogen-bond donors (Lipinski definition) is 4. The zero-order chi connectivity index (χ0) is 82.8.